The summed E-state index contributed by atoms with van der Waals surface area (Å²) in [6.07, 6.45) is -4.40. The summed E-state index contributed by atoms with van der Waals surface area (Å²) in [5, 5.41) is 6.34. The fourth-order valence-corrected chi connectivity index (χ4v) is 4.16. The molecule has 1 aromatic heterocycles. The Balaban J connectivity index is 1.65. The monoisotopic (exact) mass is 377 g/mol. The number of amides is 1. The number of alkyl halides is 3. The van der Waals surface area contributed by atoms with Crippen LogP contribution in [0.3, 0.4) is 0 Å². The first-order chi connectivity index (χ1) is 11.4. The van der Waals surface area contributed by atoms with Crippen molar-refractivity contribution < 1.29 is 22.7 Å². The van der Waals surface area contributed by atoms with Gasteiger partial charge in [-0.25, -0.2) is 4.98 Å². The van der Waals surface area contributed by atoms with Crippen molar-refractivity contribution in [2.75, 3.05) is 23.4 Å². The van der Waals surface area contributed by atoms with E-state index < -0.39 is 6.36 Å². The molecule has 0 saturated carbocycles. The molecule has 1 saturated heterocycles. The molecule has 10 heteroatoms. The first kappa shape index (κ1) is 17.3. The van der Waals surface area contributed by atoms with Crippen molar-refractivity contribution >= 4 is 44.4 Å². The molecule has 0 spiro atoms. The number of fused-ring (bicyclic) bond motifs is 1. The van der Waals surface area contributed by atoms with Crippen molar-refractivity contribution in [1.82, 2.24) is 10.3 Å². The Bertz CT molecular complexity index is 730. The number of thioether (sulfide) groups is 1. The zero-order valence-electron chi connectivity index (χ0n) is 12.4. The van der Waals surface area contributed by atoms with Gasteiger partial charge < -0.3 is 15.4 Å². The number of nitrogens with zero attached hydrogens (tertiary/aromatic N) is 1. The lowest BCUT2D eigenvalue weighted by molar-refractivity contribution is -0.274. The largest absolute Gasteiger partial charge is 0.573 e. The molecule has 5 nitrogen and oxygen atoms in total. The van der Waals surface area contributed by atoms with Gasteiger partial charge in [-0.15, -0.1) is 13.2 Å². The summed E-state index contributed by atoms with van der Waals surface area (Å²) in [7, 11) is 0. The van der Waals surface area contributed by atoms with Gasteiger partial charge in [-0.2, -0.15) is 11.8 Å². The molecule has 2 heterocycles. The van der Waals surface area contributed by atoms with E-state index in [4.69, 9.17) is 0 Å². The summed E-state index contributed by atoms with van der Waals surface area (Å²) in [6.45, 7) is 0.881. The Morgan fingerprint density at radius 2 is 2.29 bits per heavy atom. The lowest BCUT2D eigenvalue weighted by atomic mass is 10.2. The van der Waals surface area contributed by atoms with Crippen LogP contribution in [0.15, 0.2) is 18.2 Å². The van der Waals surface area contributed by atoms with Gasteiger partial charge in [0.1, 0.15) is 5.75 Å². The number of halogens is 3. The highest BCUT2D eigenvalue weighted by Gasteiger charge is 2.31. The Kier molecular flexibility index (Phi) is 5.16. The Hall–Kier alpha value is -1.52. The van der Waals surface area contributed by atoms with Gasteiger partial charge >= 0.3 is 6.36 Å². The highest BCUT2D eigenvalue weighted by molar-refractivity contribution is 7.99. The van der Waals surface area contributed by atoms with Gasteiger partial charge in [0.05, 0.1) is 10.2 Å². The minimum atomic E-state index is -4.74. The summed E-state index contributed by atoms with van der Waals surface area (Å²) < 4.78 is 41.1. The van der Waals surface area contributed by atoms with Crippen LogP contribution in [0.4, 0.5) is 18.3 Å². The van der Waals surface area contributed by atoms with Crippen molar-refractivity contribution in [3.05, 3.63) is 18.2 Å². The highest BCUT2D eigenvalue weighted by Crippen LogP contribution is 2.31. The smallest absolute Gasteiger partial charge is 0.406 e. The zero-order valence-corrected chi connectivity index (χ0v) is 14.0. The summed E-state index contributed by atoms with van der Waals surface area (Å²) in [5.41, 5.74) is 0.510. The van der Waals surface area contributed by atoms with Crippen molar-refractivity contribution in [1.29, 1.82) is 0 Å². The molecule has 2 aromatic rings. The molecule has 3 rings (SSSR count). The number of carbonyl (C=O) groups excluding carboxylic acids is 1. The predicted octanol–water partition coefficient (Wildman–Crippen LogP) is 3.23. The molecule has 0 aliphatic carbocycles. The molecule has 1 unspecified atom stereocenters. The topological polar surface area (TPSA) is 63.2 Å². The lowest BCUT2D eigenvalue weighted by Crippen LogP contribution is -2.39. The van der Waals surface area contributed by atoms with E-state index in [9.17, 15) is 18.0 Å². The quantitative estimate of drug-likeness (QED) is 0.857. The number of rotatable bonds is 4. The summed E-state index contributed by atoms with van der Waals surface area (Å²) in [5.74, 6) is 1.45. The fraction of sp³-hybridized carbons (Fsp3) is 0.429. The normalized spacial score (nSPS) is 18.5. The van der Waals surface area contributed by atoms with Crippen molar-refractivity contribution in [3.63, 3.8) is 0 Å². The van der Waals surface area contributed by atoms with Gasteiger partial charge in [0, 0.05) is 36.6 Å². The molecular formula is C14H14F3N3O2S2. The van der Waals surface area contributed by atoms with Crippen LogP contribution in [0, 0.1) is 0 Å². The molecule has 1 aliphatic rings. The average Bonchev–Trinajstić information content (AvgIpc) is 2.87. The summed E-state index contributed by atoms with van der Waals surface area (Å²) in [6, 6.07) is 4.02. The Morgan fingerprint density at radius 1 is 1.46 bits per heavy atom. The van der Waals surface area contributed by atoms with E-state index in [0.717, 1.165) is 29.4 Å². The summed E-state index contributed by atoms with van der Waals surface area (Å²) in [4.78, 5) is 16.3. The van der Waals surface area contributed by atoms with E-state index in [1.54, 1.807) is 11.8 Å². The van der Waals surface area contributed by atoms with Crippen LogP contribution in [0.1, 0.15) is 6.42 Å². The van der Waals surface area contributed by atoms with Crippen molar-refractivity contribution in [2.45, 2.75) is 18.8 Å². The van der Waals surface area contributed by atoms with Gasteiger partial charge in [-0.05, 0) is 12.1 Å². The minimum absolute atomic E-state index is 0.130. The lowest BCUT2D eigenvalue weighted by Gasteiger charge is -2.22. The molecular weight excluding hydrogens is 363 g/mol. The molecule has 130 valence electrons. The molecule has 1 aliphatic heterocycles. The van der Waals surface area contributed by atoms with E-state index in [1.165, 1.54) is 18.2 Å². The zero-order chi connectivity index (χ0) is 17.2. The Labute approximate surface area is 144 Å². The number of carbonyl (C=O) groups is 1. The van der Waals surface area contributed by atoms with Crippen LogP contribution in [0.2, 0.25) is 0 Å². The number of ether oxygens (including phenoxy) is 1. The van der Waals surface area contributed by atoms with Crippen LogP contribution in [-0.2, 0) is 4.79 Å². The second kappa shape index (κ2) is 7.16. The molecule has 1 amide bonds. The third-order valence-corrected chi connectivity index (χ3v) is 5.33. The van der Waals surface area contributed by atoms with E-state index in [0.29, 0.717) is 21.8 Å². The molecule has 0 bridgehead atoms. The summed E-state index contributed by atoms with van der Waals surface area (Å²) >= 11 is 2.91. The predicted molar refractivity (Wildman–Crippen MR) is 88.7 cm³/mol. The van der Waals surface area contributed by atoms with Crippen LogP contribution < -0.4 is 15.4 Å². The van der Waals surface area contributed by atoms with Crippen LogP contribution >= 0.6 is 23.1 Å². The van der Waals surface area contributed by atoms with Gasteiger partial charge in [0.25, 0.3) is 0 Å². The van der Waals surface area contributed by atoms with Crippen LogP contribution in [0.5, 0.6) is 5.75 Å². The number of nitrogens with one attached hydrogen (secondary N) is 2. The second-order valence-electron chi connectivity index (χ2n) is 5.17. The first-order valence-electron chi connectivity index (χ1n) is 7.16. The van der Waals surface area contributed by atoms with E-state index >= 15 is 0 Å². The number of thiazole rings is 1. The maximum absolute atomic E-state index is 12.2. The van der Waals surface area contributed by atoms with E-state index in [2.05, 4.69) is 20.4 Å². The number of anilines is 1. The first-order valence-corrected chi connectivity index (χ1v) is 9.13. The van der Waals surface area contributed by atoms with Crippen molar-refractivity contribution in [2.24, 2.45) is 0 Å². The fourth-order valence-electron chi connectivity index (χ4n) is 2.30. The van der Waals surface area contributed by atoms with Crippen LogP contribution in [-0.4, -0.2) is 41.3 Å². The molecule has 2 N–H and O–H groups in total. The number of aromatic nitrogens is 1. The van der Waals surface area contributed by atoms with Gasteiger partial charge in [0.15, 0.2) is 5.13 Å². The molecule has 1 aromatic carbocycles. The molecule has 0 radical (unpaired) electrons. The number of hydrogen-bond acceptors (Lipinski definition) is 6. The third kappa shape index (κ3) is 4.74. The Morgan fingerprint density at radius 3 is 3.00 bits per heavy atom. The average molecular weight is 377 g/mol. The van der Waals surface area contributed by atoms with E-state index in [-0.39, 0.29) is 17.7 Å². The third-order valence-electron chi connectivity index (χ3n) is 3.27. The SMILES string of the molecule is O=C(CC1CSCCN1)Nc1nc2ccc(OC(F)(F)F)cc2s1. The standard InChI is InChI=1S/C14H14F3N3O2S2/c15-14(16,17)22-9-1-2-10-11(6-9)24-13(19-10)20-12(21)5-8-7-23-4-3-18-8/h1-2,6,8,18H,3-5,7H2,(H,19,20,21). The minimum Gasteiger partial charge on any atom is -0.406 e. The molecule has 24 heavy (non-hydrogen) atoms. The number of hydrogen-bond donors (Lipinski definition) is 2. The van der Waals surface area contributed by atoms with Gasteiger partial charge in [-0.3, -0.25) is 4.79 Å². The second-order valence-corrected chi connectivity index (χ2v) is 7.36. The maximum atomic E-state index is 12.2. The van der Waals surface area contributed by atoms with Gasteiger partial charge in [0.2, 0.25) is 5.91 Å². The molecule has 1 atom stereocenters. The number of benzene rings is 1. The van der Waals surface area contributed by atoms with Gasteiger partial charge in [-0.1, -0.05) is 11.3 Å². The van der Waals surface area contributed by atoms with Crippen LogP contribution in [0.25, 0.3) is 10.2 Å². The highest BCUT2D eigenvalue weighted by atomic mass is 32.2. The molecule has 1 fully saturated rings. The van der Waals surface area contributed by atoms with Crippen molar-refractivity contribution in [3.8, 4) is 5.75 Å². The maximum Gasteiger partial charge on any atom is 0.573 e. The van der Waals surface area contributed by atoms with E-state index in [1.807, 2.05) is 0 Å².